The van der Waals surface area contributed by atoms with E-state index in [9.17, 15) is 9.59 Å². The van der Waals surface area contributed by atoms with Gasteiger partial charge in [0.15, 0.2) is 6.61 Å². The highest BCUT2D eigenvalue weighted by Gasteiger charge is 2.44. The van der Waals surface area contributed by atoms with E-state index in [0.29, 0.717) is 10.0 Å². The van der Waals surface area contributed by atoms with Gasteiger partial charge in [-0.2, -0.15) is 5.10 Å². The maximum Gasteiger partial charge on any atom is 0.309 e. The molecule has 5 rings (SSSR count). The minimum Gasteiger partial charge on any atom is -0.455 e. The van der Waals surface area contributed by atoms with Crippen LogP contribution in [0.15, 0.2) is 59.2 Å². The van der Waals surface area contributed by atoms with Crippen molar-refractivity contribution >= 4 is 46.9 Å². The van der Waals surface area contributed by atoms with E-state index in [1.807, 2.05) is 48.5 Å². The molecule has 2 fully saturated rings. The summed E-state index contributed by atoms with van der Waals surface area (Å²) < 4.78 is 5.36. The number of hydrazone groups is 1. The van der Waals surface area contributed by atoms with E-state index >= 15 is 0 Å². The van der Waals surface area contributed by atoms with Crippen LogP contribution in [0.25, 0.3) is 6.08 Å². The number of rotatable bonds is 5. The molecule has 0 saturated heterocycles. The molecule has 1 heterocycles. The van der Waals surface area contributed by atoms with Gasteiger partial charge in [-0.3, -0.25) is 9.59 Å². The maximum atomic E-state index is 13.3. The first kappa shape index (κ1) is 23.1. The van der Waals surface area contributed by atoms with Crippen molar-refractivity contribution in [2.45, 2.75) is 44.6 Å². The van der Waals surface area contributed by atoms with Crippen molar-refractivity contribution in [3.8, 4) is 0 Å². The van der Waals surface area contributed by atoms with Crippen LogP contribution < -0.4 is 0 Å². The normalized spacial score (nSPS) is 23.3. The number of amides is 1. The highest BCUT2D eigenvalue weighted by atomic mass is 35.5. The quantitative estimate of drug-likeness (QED) is 0.446. The Morgan fingerprint density at radius 3 is 2.53 bits per heavy atom. The molecule has 1 amide bonds. The van der Waals surface area contributed by atoms with Gasteiger partial charge in [0.05, 0.1) is 17.7 Å². The van der Waals surface area contributed by atoms with Gasteiger partial charge in [0, 0.05) is 16.0 Å². The lowest BCUT2D eigenvalue weighted by molar-refractivity contribution is -0.158. The fraction of sp³-hybridized carbons (Fsp3) is 0.370. The van der Waals surface area contributed by atoms with E-state index in [4.69, 9.17) is 33.0 Å². The molecule has 5 nitrogen and oxygen atoms in total. The van der Waals surface area contributed by atoms with Crippen LogP contribution in [0.4, 0.5) is 0 Å². The van der Waals surface area contributed by atoms with Crippen LogP contribution in [0.3, 0.4) is 0 Å². The SMILES string of the molecule is O=C(OCC(=O)N1N=C2C(=Cc3cccc(Cl)c3)CCCC2C1c1ccc(Cl)cc1)C1CCC1. The Morgan fingerprint density at radius 1 is 1.03 bits per heavy atom. The summed E-state index contributed by atoms with van der Waals surface area (Å²) in [5.41, 5.74) is 4.01. The molecule has 2 unspecified atom stereocenters. The van der Waals surface area contributed by atoms with Gasteiger partial charge in [-0.1, -0.05) is 53.9 Å². The molecule has 0 radical (unpaired) electrons. The molecular weight excluding hydrogens is 471 g/mol. The molecule has 0 spiro atoms. The number of ether oxygens (including phenoxy) is 1. The third-order valence-corrected chi connectivity index (χ3v) is 7.42. The number of hydrogen-bond acceptors (Lipinski definition) is 4. The molecule has 2 saturated carbocycles. The van der Waals surface area contributed by atoms with Crippen LogP contribution in [-0.2, 0) is 14.3 Å². The highest BCUT2D eigenvalue weighted by molar-refractivity contribution is 6.31. The summed E-state index contributed by atoms with van der Waals surface area (Å²) in [6.07, 6.45) is 7.63. The molecule has 2 aromatic carbocycles. The van der Waals surface area contributed by atoms with Crippen molar-refractivity contribution in [2.75, 3.05) is 6.61 Å². The molecule has 0 bridgehead atoms. The molecule has 0 N–H and O–H groups in total. The molecule has 0 aromatic heterocycles. The van der Waals surface area contributed by atoms with E-state index in [-0.39, 0.29) is 36.4 Å². The molecule has 2 atom stereocenters. The van der Waals surface area contributed by atoms with Gasteiger partial charge in [-0.05, 0) is 79.1 Å². The Bertz CT molecular complexity index is 1150. The number of allylic oxidation sites excluding steroid dienone is 1. The van der Waals surface area contributed by atoms with Crippen LogP contribution in [-0.4, -0.2) is 29.2 Å². The first-order valence-corrected chi connectivity index (χ1v) is 12.5. The molecule has 7 heteroatoms. The molecule has 176 valence electrons. The van der Waals surface area contributed by atoms with Crippen molar-refractivity contribution in [3.63, 3.8) is 0 Å². The van der Waals surface area contributed by atoms with Crippen molar-refractivity contribution in [1.29, 1.82) is 0 Å². The van der Waals surface area contributed by atoms with E-state index in [1.165, 1.54) is 5.01 Å². The smallest absolute Gasteiger partial charge is 0.309 e. The molecule has 2 aromatic rings. The summed E-state index contributed by atoms with van der Waals surface area (Å²) in [5.74, 6) is -0.601. The molecule has 2 aliphatic carbocycles. The van der Waals surface area contributed by atoms with Gasteiger partial charge in [0.25, 0.3) is 5.91 Å². The van der Waals surface area contributed by atoms with Gasteiger partial charge < -0.3 is 4.74 Å². The summed E-state index contributed by atoms with van der Waals surface area (Å²) in [5, 5.41) is 7.66. The number of hydrogen-bond donors (Lipinski definition) is 0. The largest absolute Gasteiger partial charge is 0.455 e. The number of nitrogens with zero attached hydrogens (tertiary/aromatic N) is 2. The summed E-state index contributed by atoms with van der Waals surface area (Å²) in [6, 6.07) is 15.0. The zero-order chi connectivity index (χ0) is 23.7. The van der Waals surface area contributed by atoms with Crippen molar-refractivity contribution < 1.29 is 14.3 Å². The zero-order valence-electron chi connectivity index (χ0n) is 18.8. The van der Waals surface area contributed by atoms with Crippen LogP contribution in [0.1, 0.15) is 55.7 Å². The Labute approximate surface area is 209 Å². The second-order valence-electron chi connectivity index (χ2n) is 9.18. The van der Waals surface area contributed by atoms with Gasteiger partial charge in [-0.25, -0.2) is 5.01 Å². The lowest BCUT2D eigenvalue weighted by Crippen LogP contribution is -2.35. The van der Waals surface area contributed by atoms with E-state index < -0.39 is 0 Å². The number of halogens is 2. The van der Waals surface area contributed by atoms with Crippen LogP contribution in [0.2, 0.25) is 10.0 Å². The first-order valence-electron chi connectivity index (χ1n) is 11.8. The van der Waals surface area contributed by atoms with Gasteiger partial charge >= 0.3 is 5.97 Å². The van der Waals surface area contributed by atoms with Crippen molar-refractivity contribution in [1.82, 2.24) is 5.01 Å². The minimum atomic E-state index is -0.309. The average molecular weight is 497 g/mol. The monoisotopic (exact) mass is 496 g/mol. The summed E-state index contributed by atoms with van der Waals surface area (Å²) in [4.78, 5) is 25.5. The first-order chi connectivity index (χ1) is 16.5. The van der Waals surface area contributed by atoms with Crippen LogP contribution in [0.5, 0.6) is 0 Å². The fourth-order valence-electron chi connectivity index (χ4n) is 4.96. The molecule has 1 aliphatic heterocycles. The third-order valence-electron chi connectivity index (χ3n) is 6.93. The summed E-state index contributed by atoms with van der Waals surface area (Å²) in [7, 11) is 0. The van der Waals surface area contributed by atoms with Crippen molar-refractivity contribution in [3.05, 3.63) is 75.3 Å². The summed E-state index contributed by atoms with van der Waals surface area (Å²) >= 11 is 12.3. The van der Waals surface area contributed by atoms with Gasteiger partial charge in [0.2, 0.25) is 0 Å². The lowest BCUT2D eigenvalue weighted by Gasteiger charge is -2.30. The number of esters is 1. The Hall–Kier alpha value is -2.63. The van der Waals surface area contributed by atoms with Gasteiger partial charge in [0.1, 0.15) is 0 Å². The van der Waals surface area contributed by atoms with E-state index in [1.54, 1.807) is 0 Å². The second-order valence-corrected chi connectivity index (χ2v) is 10.1. The van der Waals surface area contributed by atoms with E-state index in [2.05, 4.69) is 6.08 Å². The predicted octanol–water partition coefficient (Wildman–Crippen LogP) is 6.46. The maximum absolute atomic E-state index is 13.3. The Morgan fingerprint density at radius 2 is 1.82 bits per heavy atom. The third kappa shape index (κ3) is 4.77. The number of carbonyl (C=O) groups excluding carboxylic acids is 2. The van der Waals surface area contributed by atoms with Crippen LogP contribution in [0, 0.1) is 11.8 Å². The van der Waals surface area contributed by atoms with Crippen LogP contribution >= 0.6 is 23.2 Å². The molecule has 3 aliphatic rings. The summed E-state index contributed by atoms with van der Waals surface area (Å²) in [6.45, 7) is -0.295. The number of carbonyl (C=O) groups is 2. The number of fused-ring (bicyclic) bond motifs is 1. The second kappa shape index (κ2) is 9.93. The molecular formula is C27H26Cl2N2O3. The fourth-order valence-corrected chi connectivity index (χ4v) is 5.28. The van der Waals surface area contributed by atoms with Gasteiger partial charge in [-0.15, -0.1) is 0 Å². The zero-order valence-corrected chi connectivity index (χ0v) is 20.3. The Balaban J connectivity index is 1.44. The van der Waals surface area contributed by atoms with E-state index in [0.717, 1.165) is 60.9 Å². The molecule has 34 heavy (non-hydrogen) atoms. The number of benzene rings is 2. The van der Waals surface area contributed by atoms with Crippen molar-refractivity contribution in [2.24, 2.45) is 16.9 Å². The average Bonchev–Trinajstić information content (AvgIpc) is 3.18. The topological polar surface area (TPSA) is 59.0 Å². The lowest BCUT2D eigenvalue weighted by atomic mass is 9.77. The highest BCUT2D eigenvalue weighted by Crippen LogP contribution is 2.44. The minimum absolute atomic E-state index is 0.0617. The predicted molar refractivity (Wildman–Crippen MR) is 134 cm³/mol. The Kier molecular flexibility index (Phi) is 6.75. The standard InChI is InChI=1S/C27H26Cl2N2O3/c28-21-12-10-18(11-13-21)26-23-9-3-7-20(14-17-4-1-8-22(29)15-17)25(23)30-31(26)24(32)16-34-27(33)19-5-2-6-19/h1,4,8,10-15,19,23,26H,2-3,5-7,9,16H2.